The van der Waals surface area contributed by atoms with Gasteiger partial charge >= 0.3 is 0 Å². The SMILES string of the molecule is N#Cc1ccc2cccccc1-2. The first kappa shape index (κ1) is 6.87. The molecule has 0 N–H and O–H groups in total. The molecule has 0 spiro atoms. The van der Waals surface area contributed by atoms with Gasteiger partial charge < -0.3 is 0 Å². The summed E-state index contributed by atoms with van der Waals surface area (Å²) in [5.74, 6) is 0. The maximum Gasteiger partial charge on any atom is 0.0998 e. The van der Waals surface area contributed by atoms with Crippen LogP contribution in [0.15, 0.2) is 42.5 Å². The smallest absolute Gasteiger partial charge is 0.0998 e. The lowest BCUT2D eigenvalue weighted by Gasteiger charge is -1.89. The van der Waals surface area contributed by atoms with Crippen LogP contribution in [0.3, 0.4) is 0 Å². The van der Waals surface area contributed by atoms with Gasteiger partial charge in [0.25, 0.3) is 0 Å². The molecule has 12 heavy (non-hydrogen) atoms. The van der Waals surface area contributed by atoms with Crippen molar-refractivity contribution in [1.82, 2.24) is 0 Å². The maximum atomic E-state index is 8.76. The average Bonchev–Trinajstić information content (AvgIpc) is 2.33. The van der Waals surface area contributed by atoms with Crippen LogP contribution in [-0.2, 0) is 0 Å². The highest BCUT2D eigenvalue weighted by Crippen LogP contribution is 2.25. The fourth-order valence-corrected chi connectivity index (χ4v) is 1.31. The van der Waals surface area contributed by atoms with Crippen molar-refractivity contribution in [2.24, 2.45) is 0 Å². The van der Waals surface area contributed by atoms with E-state index in [1.54, 1.807) is 0 Å². The lowest BCUT2D eigenvalue weighted by atomic mass is 10.1. The largest absolute Gasteiger partial charge is 0.192 e. The van der Waals surface area contributed by atoms with E-state index in [-0.39, 0.29) is 0 Å². The van der Waals surface area contributed by atoms with Gasteiger partial charge in [0.1, 0.15) is 0 Å². The Balaban J connectivity index is 2.75. The monoisotopic (exact) mass is 153 g/mol. The van der Waals surface area contributed by atoms with Crippen LogP contribution >= 0.6 is 0 Å². The van der Waals surface area contributed by atoms with E-state index in [0.717, 1.165) is 16.7 Å². The van der Waals surface area contributed by atoms with Gasteiger partial charge in [0.2, 0.25) is 0 Å². The van der Waals surface area contributed by atoms with Crippen LogP contribution in [0.1, 0.15) is 5.56 Å². The van der Waals surface area contributed by atoms with E-state index < -0.39 is 0 Å². The Morgan fingerprint density at radius 1 is 0.917 bits per heavy atom. The van der Waals surface area contributed by atoms with Crippen molar-refractivity contribution in [3.8, 4) is 17.2 Å². The summed E-state index contributed by atoms with van der Waals surface area (Å²) in [5, 5.41) is 8.76. The van der Waals surface area contributed by atoms with Crippen LogP contribution in [0.5, 0.6) is 0 Å². The molecule has 0 fully saturated rings. The predicted molar refractivity (Wildman–Crippen MR) is 47.8 cm³/mol. The molecule has 0 bridgehead atoms. The summed E-state index contributed by atoms with van der Waals surface area (Å²) in [6, 6.07) is 15.8. The van der Waals surface area contributed by atoms with Crippen molar-refractivity contribution in [2.75, 3.05) is 0 Å². The molecule has 0 aromatic rings. The summed E-state index contributed by atoms with van der Waals surface area (Å²) < 4.78 is 0. The van der Waals surface area contributed by atoms with Crippen LogP contribution in [0.25, 0.3) is 11.1 Å². The third-order valence-electron chi connectivity index (χ3n) is 1.91. The molecule has 2 aliphatic carbocycles. The number of nitriles is 1. The Hall–Kier alpha value is -1.81. The number of hydrogen-bond acceptors (Lipinski definition) is 1. The predicted octanol–water partition coefficient (Wildman–Crippen LogP) is 2.66. The van der Waals surface area contributed by atoms with E-state index >= 15 is 0 Å². The minimum Gasteiger partial charge on any atom is -0.192 e. The third-order valence-corrected chi connectivity index (χ3v) is 1.91. The maximum absolute atomic E-state index is 8.76. The molecule has 1 heteroatoms. The van der Waals surface area contributed by atoms with Crippen LogP contribution in [0, 0.1) is 11.3 Å². The Morgan fingerprint density at radius 3 is 2.58 bits per heavy atom. The molecule has 2 aliphatic rings. The van der Waals surface area contributed by atoms with Crippen LogP contribution < -0.4 is 0 Å². The van der Waals surface area contributed by atoms with E-state index in [1.807, 2.05) is 42.5 Å². The molecule has 0 atom stereocenters. The van der Waals surface area contributed by atoms with Crippen LogP contribution in [-0.4, -0.2) is 0 Å². The van der Waals surface area contributed by atoms with Gasteiger partial charge in [-0.3, -0.25) is 0 Å². The van der Waals surface area contributed by atoms with Gasteiger partial charge in [0.05, 0.1) is 11.6 Å². The molecule has 2 rings (SSSR count). The molecule has 0 aliphatic heterocycles. The normalized spacial score (nSPS) is 9.58. The van der Waals surface area contributed by atoms with Crippen molar-refractivity contribution in [1.29, 1.82) is 5.26 Å². The van der Waals surface area contributed by atoms with Gasteiger partial charge in [0.15, 0.2) is 0 Å². The number of rotatable bonds is 0. The highest BCUT2D eigenvalue weighted by atomic mass is 14.2. The molecule has 0 radical (unpaired) electrons. The van der Waals surface area contributed by atoms with E-state index in [0.29, 0.717) is 0 Å². The first-order valence-corrected chi connectivity index (χ1v) is 3.79. The molecular weight excluding hydrogens is 146 g/mol. The fraction of sp³-hybridized carbons (Fsp3) is 0. The van der Waals surface area contributed by atoms with Crippen molar-refractivity contribution in [3.63, 3.8) is 0 Å². The second-order valence-electron chi connectivity index (χ2n) is 2.64. The Labute approximate surface area is 71.2 Å². The quantitative estimate of drug-likeness (QED) is 0.570. The van der Waals surface area contributed by atoms with Crippen molar-refractivity contribution < 1.29 is 0 Å². The second kappa shape index (κ2) is 2.67. The second-order valence-corrected chi connectivity index (χ2v) is 2.64. The zero-order chi connectivity index (χ0) is 8.39. The Kier molecular flexibility index (Phi) is 1.53. The molecule has 0 saturated carbocycles. The van der Waals surface area contributed by atoms with Crippen LogP contribution in [0.4, 0.5) is 0 Å². The number of fused-ring (bicyclic) bond motifs is 1. The lowest BCUT2D eigenvalue weighted by Crippen LogP contribution is -1.69. The lowest BCUT2D eigenvalue weighted by molar-refractivity contribution is 1.51. The standard InChI is InChI=1S/C11H7N/c12-8-10-7-6-9-4-2-1-3-5-11(9)10/h1-7H. The van der Waals surface area contributed by atoms with Crippen molar-refractivity contribution in [2.45, 2.75) is 0 Å². The molecule has 0 amide bonds. The minimum absolute atomic E-state index is 0.751. The van der Waals surface area contributed by atoms with Gasteiger partial charge in [-0.15, -0.1) is 0 Å². The van der Waals surface area contributed by atoms with Crippen molar-refractivity contribution >= 4 is 0 Å². The van der Waals surface area contributed by atoms with Gasteiger partial charge in [-0.2, -0.15) is 5.26 Å². The van der Waals surface area contributed by atoms with Gasteiger partial charge in [-0.05, 0) is 17.2 Å². The Bertz CT molecular complexity index is 412. The van der Waals surface area contributed by atoms with E-state index in [4.69, 9.17) is 5.26 Å². The molecule has 0 aromatic carbocycles. The van der Waals surface area contributed by atoms with E-state index in [2.05, 4.69) is 6.07 Å². The van der Waals surface area contributed by atoms with Gasteiger partial charge in [0, 0.05) is 0 Å². The number of nitrogens with zero attached hydrogens (tertiary/aromatic N) is 1. The highest BCUT2D eigenvalue weighted by molar-refractivity contribution is 5.73. The van der Waals surface area contributed by atoms with E-state index in [9.17, 15) is 0 Å². The fourth-order valence-electron chi connectivity index (χ4n) is 1.31. The summed E-state index contributed by atoms with van der Waals surface area (Å²) in [7, 11) is 0. The zero-order valence-electron chi connectivity index (χ0n) is 6.49. The Morgan fingerprint density at radius 2 is 1.75 bits per heavy atom. The summed E-state index contributed by atoms with van der Waals surface area (Å²) in [6.07, 6.45) is 0. The minimum atomic E-state index is 0.751. The van der Waals surface area contributed by atoms with E-state index in [1.165, 1.54) is 0 Å². The third kappa shape index (κ3) is 0.943. The summed E-state index contributed by atoms with van der Waals surface area (Å²) in [6.45, 7) is 0. The summed E-state index contributed by atoms with van der Waals surface area (Å²) in [5.41, 5.74) is 2.90. The zero-order valence-corrected chi connectivity index (χ0v) is 6.49. The molecule has 0 heterocycles. The molecule has 1 nitrogen and oxygen atoms in total. The highest BCUT2D eigenvalue weighted by Gasteiger charge is 2.05. The first-order chi connectivity index (χ1) is 5.92. The molecule has 0 unspecified atom stereocenters. The van der Waals surface area contributed by atoms with Gasteiger partial charge in [-0.25, -0.2) is 0 Å². The molecule has 0 aromatic heterocycles. The molecule has 0 saturated heterocycles. The topological polar surface area (TPSA) is 23.8 Å². The summed E-state index contributed by atoms with van der Waals surface area (Å²) >= 11 is 0. The van der Waals surface area contributed by atoms with Crippen molar-refractivity contribution in [3.05, 3.63) is 48.0 Å². The molecular formula is C11H7N. The first-order valence-electron chi connectivity index (χ1n) is 3.79. The van der Waals surface area contributed by atoms with Gasteiger partial charge in [-0.1, -0.05) is 36.4 Å². The average molecular weight is 153 g/mol. The molecule has 56 valence electrons. The van der Waals surface area contributed by atoms with Crippen LogP contribution in [0.2, 0.25) is 0 Å². The number of hydrogen-bond donors (Lipinski definition) is 0. The summed E-state index contributed by atoms with van der Waals surface area (Å²) in [4.78, 5) is 0.